The molecule has 1 rings (SSSR count). The molecule has 0 aliphatic rings. The standard InChI is InChI=1S/C11H18N2O/c1-9(13-2)7-14-8-10-4-3-5-11(12)6-10/h3-6,9,13H,7-8,12H2,1-2H3. The van der Waals surface area contributed by atoms with Gasteiger partial charge in [0.25, 0.3) is 0 Å². The molecule has 1 aromatic carbocycles. The Labute approximate surface area is 85.3 Å². The molecule has 0 saturated carbocycles. The van der Waals surface area contributed by atoms with E-state index in [1.165, 1.54) is 0 Å². The van der Waals surface area contributed by atoms with E-state index >= 15 is 0 Å². The van der Waals surface area contributed by atoms with E-state index in [1.54, 1.807) is 0 Å². The fraction of sp³-hybridized carbons (Fsp3) is 0.455. The van der Waals surface area contributed by atoms with Crippen LogP contribution in [-0.2, 0) is 11.3 Å². The van der Waals surface area contributed by atoms with Crippen LogP contribution in [0.15, 0.2) is 24.3 Å². The molecule has 1 unspecified atom stereocenters. The van der Waals surface area contributed by atoms with Crippen molar-refractivity contribution in [3.63, 3.8) is 0 Å². The lowest BCUT2D eigenvalue weighted by Gasteiger charge is -2.10. The van der Waals surface area contributed by atoms with E-state index in [4.69, 9.17) is 10.5 Å². The van der Waals surface area contributed by atoms with Crippen molar-refractivity contribution in [1.29, 1.82) is 0 Å². The Morgan fingerprint density at radius 1 is 1.50 bits per heavy atom. The highest BCUT2D eigenvalue weighted by atomic mass is 16.5. The highest BCUT2D eigenvalue weighted by molar-refractivity contribution is 5.40. The van der Waals surface area contributed by atoms with Crippen LogP contribution in [0.4, 0.5) is 5.69 Å². The molecular formula is C11H18N2O. The van der Waals surface area contributed by atoms with Crippen LogP contribution in [0.1, 0.15) is 12.5 Å². The van der Waals surface area contributed by atoms with Gasteiger partial charge in [-0.05, 0) is 31.7 Å². The van der Waals surface area contributed by atoms with E-state index in [1.807, 2.05) is 31.3 Å². The third-order valence-corrected chi connectivity index (χ3v) is 2.08. The maximum Gasteiger partial charge on any atom is 0.0718 e. The molecule has 0 aliphatic carbocycles. The van der Waals surface area contributed by atoms with Crippen LogP contribution in [0, 0.1) is 0 Å². The zero-order valence-corrected chi connectivity index (χ0v) is 8.79. The van der Waals surface area contributed by atoms with E-state index in [-0.39, 0.29) is 0 Å². The molecule has 14 heavy (non-hydrogen) atoms. The zero-order valence-electron chi connectivity index (χ0n) is 8.79. The van der Waals surface area contributed by atoms with E-state index in [9.17, 15) is 0 Å². The maximum absolute atomic E-state index is 5.65. The van der Waals surface area contributed by atoms with Crippen molar-refractivity contribution < 1.29 is 4.74 Å². The summed E-state index contributed by atoms with van der Waals surface area (Å²) in [6, 6.07) is 8.15. The Kier molecular flexibility index (Phi) is 4.43. The fourth-order valence-electron chi connectivity index (χ4n) is 1.12. The summed E-state index contributed by atoms with van der Waals surface area (Å²) in [6.45, 7) is 3.42. The minimum absolute atomic E-state index is 0.385. The third kappa shape index (κ3) is 3.77. The van der Waals surface area contributed by atoms with Crippen molar-refractivity contribution in [2.24, 2.45) is 0 Å². The summed E-state index contributed by atoms with van der Waals surface area (Å²) in [5, 5.41) is 3.11. The van der Waals surface area contributed by atoms with Crippen molar-refractivity contribution in [2.45, 2.75) is 19.6 Å². The van der Waals surface area contributed by atoms with Crippen molar-refractivity contribution in [3.8, 4) is 0 Å². The lowest BCUT2D eigenvalue weighted by molar-refractivity contribution is 0.105. The van der Waals surface area contributed by atoms with E-state index in [2.05, 4.69) is 12.2 Å². The fourth-order valence-corrected chi connectivity index (χ4v) is 1.12. The number of likely N-dealkylation sites (N-methyl/N-ethyl adjacent to an activating group) is 1. The average Bonchev–Trinajstić information content (AvgIpc) is 2.17. The number of nitrogens with one attached hydrogen (secondary N) is 1. The molecule has 78 valence electrons. The summed E-state index contributed by atoms with van der Waals surface area (Å²) in [5.41, 5.74) is 7.55. The summed E-state index contributed by atoms with van der Waals surface area (Å²) < 4.78 is 5.51. The first kappa shape index (κ1) is 11.0. The Bertz CT molecular complexity index is 276. The molecule has 0 saturated heterocycles. The second-order valence-electron chi connectivity index (χ2n) is 3.45. The molecule has 3 nitrogen and oxygen atoms in total. The predicted molar refractivity (Wildman–Crippen MR) is 59.0 cm³/mol. The third-order valence-electron chi connectivity index (χ3n) is 2.08. The van der Waals surface area contributed by atoms with Gasteiger partial charge in [-0.25, -0.2) is 0 Å². The van der Waals surface area contributed by atoms with Crippen LogP contribution in [0.5, 0.6) is 0 Å². The van der Waals surface area contributed by atoms with E-state index in [0.29, 0.717) is 19.3 Å². The summed E-state index contributed by atoms with van der Waals surface area (Å²) in [5.74, 6) is 0. The van der Waals surface area contributed by atoms with Gasteiger partial charge in [0.2, 0.25) is 0 Å². The first-order chi connectivity index (χ1) is 6.72. The molecule has 1 atom stereocenters. The van der Waals surface area contributed by atoms with Crippen LogP contribution >= 0.6 is 0 Å². The number of nitrogen functional groups attached to an aromatic ring is 1. The number of anilines is 1. The second-order valence-corrected chi connectivity index (χ2v) is 3.45. The SMILES string of the molecule is CNC(C)COCc1cccc(N)c1. The van der Waals surface area contributed by atoms with Gasteiger partial charge in [-0.15, -0.1) is 0 Å². The van der Waals surface area contributed by atoms with Gasteiger partial charge >= 0.3 is 0 Å². The maximum atomic E-state index is 5.65. The minimum atomic E-state index is 0.385. The van der Waals surface area contributed by atoms with Crippen LogP contribution in [-0.4, -0.2) is 19.7 Å². The molecule has 3 N–H and O–H groups in total. The number of nitrogens with two attached hydrogens (primary N) is 1. The Balaban J connectivity index is 2.31. The molecule has 0 fully saturated rings. The molecule has 0 heterocycles. The molecule has 1 aromatic rings. The van der Waals surface area contributed by atoms with Crippen molar-refractivity contribution in [2.75, 3.05) is 19.4 Å². The summed E-state index contributed by atoms with van der Waals surface area (Å²) in [6.07, 6.45) is 0. The Morgan fingerprint density at radius 3 is 2.93 bits per heavy atom. The summed E-state index contributed by atoms with van der Waals surface area (Å²) in [4.78, 5) is 0. The molecular weight excluding hydrogens is 176 g/mol. The minimum Gasteiger partial charge on any atom is -0.399 e. The van der Waals surface area contributed by atoms with Gasteiger partial charge in [-0.2, -0.15) is 0 Å². The van der Waals surface area contributed by atoms with Gasteiger partial charge < -0.3 is 15.8 Å². The van der Waals surface area contributed by atoms with Gasteiger partial charge in [0.15, 0.2) is 0 Å². The zero-order chi connectivity index (χ0) is 10.4. The number of rotatable bonds is 5. The quantitative estimate of drug-likeness (QED) is 0.696. The Morgan fingerprint density at radius 2 is 2.29 bits per heavy atom. The molecule has 0 radical (unpaired) electrons. The largest absolute Gasteiger partial charge is 0.399 e. The van der Waals surface area contributed by atoms with Gasteiger partial charge in [0.1, 0.15) is 0 Å². The highest BCUT2D eigenvalue weighted by Gasteiger charge is 1.98. The normalized spacial score (nSPS) is 12.7. The van der Waals surface area contributed by atoms with Crippen LogP contribution in [0.25, 0.3) is 0 Å². The molecule has 0 aromatic heterocycles. The van der Waals surface area contributed by atoms with Gasteiger partial charge in [0.05, 0.1) is 13.2 Å². The molecule has 0 aliphatic heterocycles. The van der Waals surface area contributed by atoms with Crippen LogP contribution in [0.3, 0.4) is 0 Å². The predicted octanol–water partition coefficient (Wildman–Crippen LogP) is 1.39. The van der Waals surface area contributed by atoms with Crippen molar-refractivity contribution >= 4 is 5.69 Å². The van der Waals surface area contributed by atoms with Crippen molar-refractivity contribution in [3.05, 3.63) is 29.8 Å². The highest BCUT2D eigenvalue weighted by Crippen LogP contribution is 2.07. The second kappa shape index (κ2) is 5.62. The smallest absolute Gasteiger partial charge is 0.0718 e. The molecule has 0 bridgehead atoms. The van der Waals surface area contributed by atoms with Crippen LogP contribution < -0.4 is 11.1 Å². The summed E-state index contributed by atoms with van der Waals surface area (Å²) in [7, 11) is 1.93. The van der Waals surface area contributed by atoms with E-state index < -0.39 is 0 Å². The lowest BCUT2D eigenvalue weighted by atomic mass is 10.2. The van der Waals surface area contributed by atoms with Crippen LogP contribution in [0.2, 0.25) is 0 Å². The summed E-state index contributed by atoms with van der Waals surface area (Å²) >= 11 is 0. The average molecular weight is 194 g/mol. The molecule has 3 heteroatoms. The molecule has 0 amide bonds. The first-order valence-electron chi connectivity index (χ1n) is 4.82. The first-order valence-corrected chi connectivity index (χ1v) is 4.82. The number of hydrogen-bond donors (Lipinski definition) is 2. The number of benzene rings is 1. The number of ether oxygens (including phenoxy) is 1. The Hall–Kier alpha value is -1.06. The van der Waals surface area contributed by atoms with E-state index in [0.717, 1.165) is 11.3 Å². The van der Waals surface area contributed by atoms with Gasteiger partial charge in [0, 0.05) is 11.7 Å². The molecule has 0 spiro atoms. The van der Waals surface area contributed by atoms with Gasteiger partial charge in [-0.3, -0.25) is 0 Å². The number of hydrogen-bond acceptors (Lipinski definition) is 3. The lowest BCUT2D eigenvalue weighted by Crippen LogP contribution is -2.26. The topological polar surface area (TPSA) is 47.3 Å². The van der Waals surface area contributed by atoms with Gasteiger partial charge in [-0.1, -0.05) is 12.1 Å². The monoisotopic (exact) mass is 194 g/mol. The van der Waals surface area contributed by atoms with Crippen molar-refractivity contribution in [1.82, 2.24) is 5.32 Å².